The Kier molecular flexibility index (Phi) is 5.77. The second-order valence-corrected chi connectivity index (χ2v) is 6.65. The normalized spacial score (nSPS) is 18.5. The highest BCUT2D eigenvalue weighted by Crippen LogP contribution is 2.24. The molecule has 0 bridgehead atoms. The van der Waals surface area contributed by atoms with E-state index < -0.39 is 0 Å². The second-order valence-electron chi connectivity index (χ2n) is 4.32. The Morgan fingerprint density at radius 1 is 1.53 bits per heavy atom. The van der Waals surface area contributed by atoms with Gasteiger partial charge in [-0.15, -0.1) is 11.3 Å². The maximum atomic E-state index is 12.1. The van der Waals surface area contributed by atoms with Gasteiger partial charge in [0, 0.05) is 17.4 Å². The summed E-state index contributed by atoms with van der Waals surface area (Å²) in [5.41, 5.74) is 0.702. The lowest BCUT2D eigenvalue weighted by molar-refractivity contribution is 0.0957. The topological polar surface area (TPSA) is 49.3 Å². The molecular formula is C14H17NO2S2. The van der Waals surface area contributed by atoms with E-state index in [0.29, 0.717) is 15.7 Å². The van der Waals surface area contributed by atoms with Gasteiger partial charge in [0.15, 0.2) is 0 Å². The average Bonchev–Trinajstić information content (AvgIpc) is 2.92. The standard InChI is InChI=1S/C14H17NO2S2/c16-7-3-4-11-6-9-19-13(11)14(17)15-10-12-5-1-2-8-18-12/h6,9,12,16H,1-2,5,7-8,10H2,(H,15,17). The van der Waals surface area contributed by atoms with Gasteiger partial charge in [-0.2, -0.15) is 11.8 Å². The number of amides is 1. The van der Waals surface area contributed by atoms with Gasteiger partial charge in [-0.05, 0) is 30.0 Å². The molecular weight excluding hydrogens is 278 g/mol. The van der Waals surface area contributed by atoms with E-state index in [4.69, 9.17) is 5.11 Å². The number of thioether (sulfide) groups is 1. The zero-order valence-electron chi connectivity index (χ0n) is 10.6. The van der Waals surface area contributed by atoms with Crippen LogP contribution in [0, 0.1) is 11.8 Å². The SMILES string of the molecule is O=C(NCC1CCCCS1)c1sccc1C#CCO. The lowest BCUT2D eigenvalue weighted by atomic mass is 10.2. The summed E-state index contributed by atoms with van der Waals surface area (Å²) in [6, 6.07) is 1.82. The van der Waals surface area contributed by atoms with Gasteiger partial charge in [-0.25, -0.2) is 0 Å². The Morgan fingerprint density at radius 3 is 3.16 bits per heavy atom. The minimum atomic E-state index is -0.185. The Bertz CT molecular complexity index is 481. The van der Waals surface area contributed by atoms with Crippen molar-refractivity contribution in [3.63, 3.8) is 0 Å². The first-order valence-corrected chi connectivity index (χ1v) is 8.31. The lowest BCUT2D eigenvalue weighted by Gasteiger charge is -2.21. The number of thiophene rings is 1. The number of carbonyl (C=O) groups is 1. The molecule has 5 heteroatoms. The van der Waals surface area contributed by atoms with Gasteiger partial charge in [0.25, 0.3) is 5.91 Å². The van der Waals surface area contributed by atoms with Crippen LogP contribution in [-0.2, 0) is 0 Å². The van der Waals surface area contributed by atoms with Gasteiger partial charge >= 0.3 is 0 Å². The maximum absolute atomic E-state index is 12.1. The molecule has 1 unspecified atom stereocenters. The van der Waals surface area contributed by atoms with Crippen LogP contribution in [0.1, 0.15) is 34.5 Å². The summed E-state index contributed by atoms with van der Waals surface area (Å²) in [6.07, 6.45) is 3.74. The third-order valence-electron chi connectivity index (χ3n) is 2.94. The molecule has 1 aromatic rings. The molecule has 1 fully saturated rings. The molecule has 2 rings (SSSR count). The summed E-state index contributed by atoms with van der Waals surface area (Å²) in [7, 11) is 0. The van der Waals surface area contributed by atoms with Gasteiger partial charge in [-0.3, -0.25) is 4.79 Å². The smallest absolute Gasteiger partial charge is 0.262 e. The first-order valence-electron chi connectivity index (χ1n) is 6.38. The Labute approximate surface area is 121 Å². The molecule has 102 valence electrons. The van der Waals surface area contributed by atoms with Crippen LogP contribution in [-0.4, -0.2) is 35.2 Å². The highest BCUT2D eigenvalue weighted by Gasteiger charge is 2.17. The van der Waals surface area contributed by atoms with Crippen LogP contribution in [0.3, 0.4) is 0 Å². The monoisotopic (exact) mass is 295 g/mol. The Morgan fingerprint density at radius 2 is 2.42 bits per heavy atom. The number of aliphatic hydroxyl groups is 1. The van der Waals surface area contributed by atoms with E-state index >= 15 is 0 Å². The van der Waals surface area contributed by atoms with E-state index in [2.05, 4.69) is 17.2 Å². The Balaban J connectivity index is 1.90. The summed E-state index contributed by atoms with van der Waals surface area (Å²) in [6.45, 7) is 0.546. The largest absolute Gasteiger partial charge is 0.384 e. The van der Waals surface area contributed by atoms with E-state index in [1.165, 1.54) is 36.4 Å². The van der Waals surface area contributed by atoms with Crippen molar-refractivity contribution in [2.24, 2.45) is 0 Å². The zero-order chi connectivity index (χ0) is 13.5. The van der Waals surface area contributed by atoms with E-state index in [9.17, 15) is 4.79 Å². The van der Waals surface area contributed by atoms with Crippen LogP contribution in [0.4, 0.5) is 0 Å². The molecule has 2 heterocycles. The zero-order valence-corrected chi connectivity index (χ0v) is 12.3. The van der Waals surface area contributed by atoms with Crippen molar-refractivity contribution in [2.75, 3.05) is 18.9 Å². The molecule has 1 aromatic heterocycles. The van der Waals surface area contributed by atoms with Gasteiger partial charge in [0.1, 0.15) is 11.5 Å². The number of aliphatic hydroxyl groups excluding tert-OH is 1. The van der Waals surface area contributed by atoms with Crippen LogP contribution < -0.4 is 5.32 Å². The number of hydrogen-bond donors (Lipinski definition) is 2. The molecule has 0 radical (unpaired) electrons. The fourth-order valence-corrected chi connectivity index (χ4v) is 3.98. The van der Waals surface area contributed by atoms with Crippen LogP contribution in [0.5, 0.6) is 0 Å². The fraction of sp³-hybridized carbons (Fsp3) is 0.500. The number of nitrogens with one attached hydrogen (secondary N) is 1. The van der Waals surface area contributed by atoms with Gasteiger partial charge in [0.05, 0.1) is 0 Å². The van der Waals surface area contributed by atoms with Crippen LogP contribution in [0.15, 0.2) is 11.4 Å². The molecule has 19 heavy (non-hydrogen) atoms. The maximum Gasteiger partial charge on any atom is 0.262 e. The molecule has 1 aliphatic heterocycles. The van der Waals surface area contributed by atoms with Crippen molar-refractivity contribution >= 4 is 29.0 Å². The lowest BCUT2D eigenvalue weighted by Crippen LogP contribution is -2.31. The molecule has 3 nitrogen and oxygen atoms in total. The van der Waals surface area contributed by atoms with Gasteiger partial charge in [-0.1, -0.05) is 18.3 Å². The summed E-state index contributed by atoms with van der Waals surface area (Å²) in [4.78, 5) is 12.7. The van der Waals surface area contributed by atoms with Crippen molar-refractivity contribution < 1.29 is 9.90 Å². The van der Waals surface area contributed by atoms with E-state index in [1.54, 1.807) is 0 Å². The van der Waals surface area contributed by atoms with Gasteiger partial charge in [0.2, 0.25) is 0 Å². The molecule has 1 atom stereocenters. The summed E-state index contributed by atoms with van der Waals surface area (Å²) in [5.74, 6) is 6.53. The number of rotatable bonds is 3. The Hall–Kier alpha value is -0.960. The van der Waals surface area contributed by atoms with Crippen molar-refractivity contribution in [1.29, 1.82) is 0 Å². The predicted octanol–water partition coefficient (Wildman–Crippen LogP) is 2.11. The first kappa shape index (κ1) is 14.4. The van der Waals surface area contributed by atoms with Crippen molar-refractivity contribution in [2.45, 2.75) is 24.5 Å². The van der Waals surface area contributed by atoms with Crippen molar-refractivity contribution in [3.8, 4) is 11.8 Å². The molecule has 0 spiro atoms. The first-order chi connectivity index (χ1) is 9.31. The highest BCUT2D eigenvalue weighted by atomic mass is 32.2. The number of carbonyl (C=O) groups excluding carboxylic acids is 1. The summed E-state index contributed by atoms with van der Waals surface area (Å²) < 4.78 is 0. The predicted molar refractivity (Wildman–Crippen MR) is 80.7 cm³/mol. The van der Waals surface area contributed by atoms with Gasteiger partial charge < -0.3 is 10.4 Å². The molecule has 0 aliphatic carbocycles. The quantitative estimate of drug-likeness (QED) is 0.840. The summed E-state index contributed by atoms with van der Waals surface area (Å²) in [5, 5.41) is 14.1. The average molecular weight is 295 g/mol. The fourth-order valence-electron chi connectivity index (χ4n) is 1.97. The third-order valence-corrected chi connectivity index (χ3v) is 5.25. The minimum absolute atomic E-state index is 0.0524. The van der Waals surface area contributed by atoms with Crippen LogP contribution >= 0.6 is 23.1 Å². The molecule has 0 aromatic carbocycles. The highest BCUT2D eigenvalue weighted by molar-refractivity contribution is 7.99. The summed E-state index contributed by atoms with van der Waals surface area (Å²) >= 11 is 3.34. The number of hydrogen-bond acceptors (Lipinski definition) is 4. The molecule has 1 saturated heterocycles. The molecule has 1 aliphatic rings. The molecule has 2 N–H and O–H groups in total. The van der Waals surface area contributed by atoms with Crippen molar-refractivity contribution in [1.82, 2.24) is 5.32 Å². The minimum Gasteiger partial charge on any atom is -0.384 e. The molecule has 1 amide bonds. The van der Waals surface area contributed by atoms with E-state index in [-0.39, 0.29) is 12.5 Å². The second kappa shape index (κ2) is 7.59. The van der Waals surface area contributed by atoms with Crippen LogP contribution in [0.25, 0.3) is 0 Å². The van der Waals surface area contributed by atoms with Crippen molar-refractivity contribution in [3.05, 3.63) is 21.9 Å². The van der Waals surface area contributed by atoms with E-state index in [1.807, 2.05) is 23.2 Å². The van der Waals surface area contributed by atoms with Crippen LogP contribution in [0.2, 0.25) is 0 Å². The molecule has 0 saturated carbocycles. The third kappa shape index (κ3) is 4.27. The van der Waals surface area contributed by atoms with E-state index in [0.717, 1.165) is 6.54 Å².